The first-order valence-electron chi connectivity index (χ1n) is 6.23. The zero-order valence-corrected chi connectivity index (χ0v) is 12.3. The summed E-state index contributed by atoms with van der Waals surface area (Å²) >= 11 is 0. The fourth-order valence-corrected chi connectivity index (χ4v) is 1.90. The van der Waals surface area contributed by atoms with E-state index < -0.39 is 10.8 Å². The summed E-state index contributed by atoms with van der Waals surface area (Å²) in [6.45, 7) is 7.56. The normalized spacial score (nSPS) is 14.0. The molecule has 102 valence electrons. The van der Waals surface area contributed by atoms with Crippen molar-refractivity contribution >= 4 is 22.4 Å². The van der Waals surface area contributed by atoms with E-state index in [1.807, 2.05) is 13.8 Å². The Bertz CT molecular complexity index is 411. The minimum absolute atomic E-state index is 0.104. The maximum absolute atomic E-state index is 11.3. The van der Waals surface area contributed by atoms with Crippen LogP contribution in [0.2, 0.25) is 0 Å². The SMILES string of the molecule is CCNc1ncnc(NCC(C)S(C)=O)c1CC. The van der Waals surface area contributed by atoms with Gasteiger partial charge >= 0.3 is 0 Å². The maximum atomic E-state index is 11.3. The van der Waals surface area contributed by atoms with Crippen molar-refractivity contribution in [2.24, 2.45) is 0 Å². The molecule has 6 heteroatoms. The average molecular weight is 270 g/mol. The van der Waals surface area contributed by atoms with Gasteiger partial charge < -0.3 is 10.6 Å². The van der Waals surface area contributed by atoms with E-state index >= 15 is 0 Å². The average Bonchev–Trinajstić information content (AvgIpc) is 2.36. The molecule has 0 aliphatic carbocycles. The fourth-order valence-electron chi connectivity index (χ4n) is 1.58. The number of anilines is 2. The fraction of sp³-hybridized carbons (Fsp3) is 0.667. The Morgan fingerprint density at radius 1 is 1.28 bits per heavy atom. The molecule has 5 nitrogen and oxygen atoms in total. The van der Waals surface area contributed by atoms with Crippen LogP contribution in [-0.2, 0) is 17.2 Å². The molecule has 1 aromatic heterocycles. The topological polar surface area (TPSA) is 66.9 Å². The van der Waals surface area contributed by atoms with E-state index in [9.17, 15) is 4.21 Å². The van der Waals surface area contributed by atoms with Crippen molar-refractivity contribution < 1.29 is 4.21 Å². The number of rotatable bonds is 7. The minimum Gasteiger partial charge on any atom is -0.370 e. The van der Waals surface area contributed by atoms with Crippen molar-refractivity contribution in [1.82, 2.24) is 9.97 Å². The third kappa shape index (κ3) is 3.94. The van der Waals surface area contributed by atoms with Gasteiger partial charge in [-0.1, -0.05) is 6.92 Å². The molecule has 1 aromatic rings. The molecule has 0 bridgehead atoms. The Morgan fingerprint density at radius 3 is 2.39 bits per heavy atom. The van der Waals surface area contributed by atoms with Gasteiger partial charge in [-0.3, -0.25) is 4.21 Å². The Hall–Kier alpha value is -1.17. The van der Waals surface area contributed by atoms with Crippen molar-refractivity contribution in [2.75, 3.05) is 30.0 Å². The highest BCUT2D eigenvalue weighted by molar-refractivity contribution is 7.84. The monoisotopic (exact) mass is 270 g/mol. The Kier molecular flexibility index (Phi) is 6.04. The maximum Gasteiger partial charge on any atom is 0.134 e. The highest BCUT2D eigenvalue weighted by Crippen LogP contribution is 2.20. The van der Waals surface area contributed by atoms with Gasteiger partial charge in [0.05, 0.1) is 0 Å². The molecule has 0 aliphatic heterocycles. The Morgan fingerprint density at radius 2 is 1.89 bits per heavy atom. The lowest BCUT2D eigenvalue weighted by Gasteiger charge is -2.15. The van der Waals surface area contributed by atoms with Crippen LogP contribution in [0.3, 0.4) is 0 Å². The second-order valence-electron chi connectivity index (χ2n) is 4.12. The van der Waals surface area contributed by atoms with Crippen molar-refractivity contribution in [3.63, 3.8) is 0 Å². The number of hydrogen-bond donors (Lipinski definition) is 2. The molecule has 1 rings (SSSR count). The van der Waals surface area contributed by atoms with Gasteiger partial charge in [-0.05, 0) is 20.3 Å². The van der Waals surface area contributed by atoms with Crippen LogP contribution in [0.4, 0.5) is 11.6 Å². The van der Waals surface area contributed by atoms with Crippen LogP contribution >= 0.6 is 0 Å². The molecule has 2 atom stereocenters. The summed E-state index contributed by atoms with van der Waals surface area (Å²) in [4.78, 5) is 8.50. The first-order chi connectivity index (χ1) is 8.60. The molecule has 2 N–H and O–H groups in total. The lowest BCUT2D eigenvalue weighted by atomic mass is 10.2. The molecule has 18 heavy (non-hydrogen) atoms. The lowest BCUT2D eigenvalue weighted by Crippen LogP contribution is -2.22. The first-order valence-corrected chi connectivity index (χ1v) is 7.86. The van der Waals surface area contributed by atoms with Gasteiger partial charge in [0, 0.05) is 41.0 Å². The van der Waals surface area contributed by atoms with Gasteiger partial charge in [-0.25, -0.2) is 9.97 Å². The van der Waals surface area contributed by atoms with Gasteiger partial charge in [0.1, 0.15) is 18.0 Å². The summed E-state index contributed by atoms with van der Waals surface area (Å²) in [6.07, 6.45) is 4.12. The summed E-state index contributed by atoms with van der Waals surface area (Å²) < 4.78 is 11.3. The highest BCUT2D eigenvalue weighted by atomic mass is 32.2. The molecule has 0 aliphatic rings. The molecule has 0 fully saturated rings. The summed E-state index contributed by atoms with van der Waals surface area (Å²) in [6, 6.07) is 0. The Balaban J connectivity index is 2.81. The lowest BCUT2D eigenvalue weighted by molar-refractivity contribution is 0.678. The van der Waals surface area contributed by atoms with Crippen molar-refractivity contribution in [3.8, 4) is 0 Å². The molecule has 0 aromatic carbocycles. The molecule has 0 radical (unpaired) electrons. The molecular formula is C12H22N4OS. The third-order valence-electron chi connectivity index (χ3n) is 2.77. The standard InChI is InChI=1S/C12H22N4OS/c1-5-10-11(13-6-2)15-8-16-12(10)14-7-9(3)18(4)17/h8-9H,5-7H2,1-4H3,(H2,13,14,15,16). The van der Waals surface area contributed by atoms with Gasteiger partial charge in [0.15, 0.2) is 0 Å². The second kappa shape index (κ2) is 7.31. The van der Waals surface area contributed by atoms with Crippen molar-refractivity contribution in [1.29, 1.82) is 0 Å². The number of nitrogens with one attached hydrogen (secondary N) is 2. The molecule has 0 amide bonds. The number of hydrogen-bond acceptors (Lipinski definition) is 5. The summed E-state index contributed by atoms with van der Waals surface area (Å²) in [5.74, 6) is 1.71. The van der Waals surface area contributed by atoms with Crippen LogP contribution in [0, 0.1) is 0 Å². The van der Waals surface area contributed by atoms with E-state index in [2.05, 4.69) is 27.5 Å². The van der Waals surface area contributed by atoms with Gasteiger partial charge in [0.2, 0.25) is 0 Å². The molecule has 0 spiro atoms. The zero-order chi connectivity index (χ0) is 13.5. The van der Waals surface area contributed by atoms with Gasteiger partial charge in [-0.2, -0.15) is 0 Å². The largest absolute Gasteiger partial charge is 0.370 e. The van der Waals surface area contributed by atoms with E-state index in [4.69, 9.17) is 0 Å². The van der Waals surface area contributed by atoms with Crippen molar-refractivity contribution in [3.05, 3.63) is 11.9 Å². The number of aromatic nitrogens is 2. The molecule has 0 saturated heterocycles. The van der Waals surface area contributed by atoms with Gasteiger partial charge in [-0.15, -0.1) is 0 Å². The summed E-state index contributed by atoms with van der Waals surface area (Å²) in [5.41, 5.74) is 1.08. The van der Waals surface area contributed by atoms with Crippen LogP contribution in [0.25, 0.3) is 0 Å². The molecule has 2 unspecified atom stereocenters. The van der Waals surface area contributed by atoms with Crippen LogP contribution < -0.4 is 10.6 Å². The quantitative estimate of drug-likeness (QED) is 0.788. The third-order valence-corrected chi connectivity index (χ3v) is 4.07. The molecule has 1 heterocycles. The van der Waals surface area contributed by atoms with Crippen LogP contribution in [-0.4, -0.2) is 38.8 Å². The van der Waals surface area contributed by atoms with E-state index in [1.54, 1.807) is 12.6 Å². The van der Waals surface area contributed by atoms with Crippen molar-refractivity contribution in [2.45, 2.75) is 32.4 Å². The molecule has 0 saturated carbocycles. The summed E-state index contributed by atoms with van der Waals surface area (Å²) in [7, 11) is -0.823. The van der Waals surface area contributed by atoms with E-state index in [0.717, 1.165) is 30.2 Å². The van der Waals surface area contributed by atoms with E-state index in [-0.39, 0.29) is 5.25 Å². The smallest absolute Gasteiger partial charge is 0.134 e. The molecular weight excluding hydrogens is 248 g/mol. The van der Waals surface area contributed by atoms with Crippen LogP contribution in [0.15, 0.2) is 6.33 Å². The van der Waals surface area contributed by atoms with Crippen LogP contribution in [0.5, 0.6) is 0 Å². The zero-order valence-electron chi connectivity index (χ0n) is 11.5. The number of nitrogens with zero attached hydrogens (tertiary/aromatic N) is 2. The van der Waals surface area contributed by atoms with Gasteiger partial charge in [0.25, 0.3) is 0 Å². The highest BCUT2D eigenvalue weighted by Gasteiger charge is 2.11. The Labute approximate surface area is 111 Å². The van der Waals surface area contributed by atoms with Crippen LogP contribution in [0.1, 0.15) is 26.3 Å². The predicted molar refractivity (Wildman–Crippen MR) is 77.6 cm³/mol. The first kappa shape index (κ1) is 14.9. The second-order valence-corrected chi connectivity index (χ2v) is 5.93. The van der Waals surface area contributed by atoms with E-state index in [0.29, 0.717) is 6.54 Å². The minimum atomic E-state index is -0.823. The predicted octanol–water partition coefficient (Wildman–Crippen LogP) is 1.65. The van der Waals surface area contributed by atoms with E-state index in [1.165, 1.54) is 0 Å². The summed E-state index contributed by atoms with van der Waals surface area (Å²) in [5, 5.41) is 6.59.